The van der Waals surface area contributed by atoms with E-state index in [-0.39, 0.29) is 50.7 Å². The van der Waals surface area contributed by atoms with Crippen LogP contribution in [0.4, 0.5) is 0 Å². The standard InChI is InChI=1S/C32H53N13O7/c1-5-19(4)26(43-29(49)24(16-39-45-44-36)42-27(47)21(33)15-20-10-7-6-8-11-20)30(50)38-17-25(46)40-22(12-9-13-37-32(34)35)28(48)41-23(31(51)52)14-18(2)3/h6-8,10-11,18-19,21-24,26,39H,5,9,12-17,33H2,1-4H3,(H,38,50)(H,40,46)(H,41,48)(H,42,47)(H,43,49)(H,51,52)(H4,34,35,37)/t19-,21-,22-,23-,24-,26-/m0/s1. The van der Waals surface area contributed by atoms with Gasteiger partial charge in [-0.2, -0.15) is 4.91 Å². The molecule has 0 spiro atoms. The monoisotopic (exact) mass is 731 g/mol. The second kappa shape index (κ2) is 23.7. The molecule has 0 bridgehead atoms. The van der Waals surface area contributed by atoms with Crippen LogP contribution in [0.3, 0.4) is 0 Å². The quantitative estimate of drug-likeness (QED) is 0.0115. The van der Waals surface area contributed by atoms with Crippen molar-refractivity contribution in [3.8, 4) is 0 Å². The largest absolute Gasteiger partial charge is 0.480 e. The first-order chi connectivity index (χ1) is 24.6. The lowest BCUT2D eigenvalue weighted by atomic mass is 9.97. The molecule has 0 saturated heterocycles. The topological polar surface area (TPSA) is 332 Å². The maximum atomic E-state index is 13.4. The molecule has 1 aromatic carbocycles. The third kappa shape index (κ3) is 17.3. The summed E-state index contributed by atoms with van der Waals surface area (Å²) in [5, 5.41) is 35.2. The molecule has 5 amide bonds. The van der Waals surface area contributed by atoms with Gasteiger partial charge in [-0.25, -0.2) is 4.79 Å². The fraction of sp³-hybridized carbons (Fsp3) is 0.594. The number of benzene rings is 1. The number of rotatable bonds is 24. The van der Waals surface area contributed by atoms with Gasteiger partial charge in [-0.05, 0) is 48.3 Å². The van der Waals surface area contributed by atoms with Gasteiger partial charge < -0.3 is 48.5 Å². The zero-order chi connectivity index (χ0) is 39.2. The zero-order valence-electron chi connectivity index (χ0n) is 30.0. The average molecular weight is 732 g/mol. The molecule has 1 rings (SSSR count). The smallest absolute Gasteiger partial charge is 0.326 e. The van der Waals surface area contributed by atoms with Gasteiger partial charge in [0.15, 0.2) is 5.96 Å². The first kappa shape index (κ1) is 44.4. The van der Waals surface area contributed by atoms with Crippen molar-refractivity contribution in [2.75, 3.05) is 19.6 Å². The van der Waals surface area contributed by atoms with Crippen LogP contribution in [-0.4, -0.2) is 96.4 Å². The van der Waals surface area contributed by atoms with Gasteiger partial charge in [-0.1, -0.05) is 64.4 Å². The number of nitrogens with two attached hydrogens (primary N) is 2. The van der Waals surface area contributed by atoms with Crippen molar-refractivity contribution >= 4 is 41.5 Å². The summed E-state index contributed by atoms with van der Waals surface area (Å²) >= 11 is 0. The Morgan fingerprint density at radius 2 is 1.54 bits per heavy atom. The molecule has 0 aromatic heterocycles. The molecular formula is C32H53N13O7. The molecule has 0 unspecified atom stereocenters. The van der Waals surface area contributed by atoms with E-state index in [2.05, 4.69) is 47.5 Å². The number of nitrogens with zero attached hydrogens (tertiary/aromatic N) is 3. The fourth-order valence-electron chi connectivity index (χ4n) is 4.85. The second-order valence-electron chi connectivity index (χ2n) is 12.6. The van der Waals surface area contributed by atoms with Crippen LogP contribution in [0.15, 0.2) is 35.6 Å². The van der Waals surface area contributed by atoms with Crippen molar-refractivity contribution in [2.45, 2.75) is 90.0 Å². The molecule has 52 heavy (non-hydrogen) atoms. The van der Waals surface area contributed by atoms with Crippen LogP contribution < -0.4 is 48.8 Å². The molecule has 0 heterocycles. The highest BCUT2D eigenvalue weighted by atomic mass is 16.4. The van der Waals surface area contributed by atoms with Crippen LogP contribution >= 0.6 is 0 Å². The second-order valence-corrected chi connectivity index (χ2v) is 12.6. The molecule has 0 radical (unpaired) electrons. The molecule has 0 aliphatic carbocycles. The van der Waals surface area contributed by atoms with E-state index in [0.29, 0.717) is 6.42 Å². The first-order valence-electron chi connectivity index (χ1n) is 16.9. The molecule has 20 heteroatoms. The van der Waals surface area contributed by atoms with Gasteiger partial charge >= 0.3 is 5.97 Å². The SMILES string of the molecule is CC[C@H](C)[C@H](NC(=O)[C@H](CNN=[N+]=[N-])NC(=O)[C@@H](N)Cc1ccccc1)C(=O)NCC(=O)N[C@@H](CCCNC(=N)N)C(=O)N[C@@H](CC(C)C)C(=O)O. The highest BCUT2D eigenvalue weighted by Crippen LogP contribution is 2.10. The maximum Gasteiger partial charge on any atom is 0.326 e. The number of hydrogen-bond donors (Lipinski definition) is 11. The number of nitrogens with one attached hydrogen (secondary N) is 8. The van der Waals surface area contributed by atoms with Crippen molar-refractivity contribution in [2.24, 2.45) is 28.5 Å². The van der Waals surface area contributed by atoms with E-state index < -0.39 is 78.2 Å². The highest BCUT2D eigenvalue weighted by Gasteiger charge is 2.32. The van der Waals surface area contributed by atoms with Gasteiger partial charge in [0.25, 0.3) is 0 Å². The Hall–Kier alpha value is -5.62. The van der Waals surface area contributed by atoms with Crippen LogP contribution in [0.25, 0.3) is 10.4 Å². The number of guanidine groups is 1. The third-order valence-corrected chi connectivity index (χ3v) is 7.85. The average Bonchev–Trinajstić information content (AvgIpc) is 3.09. The molecule has 288 valence electrons. The molecule has 0 fully saturated rings. The molecule has 20 nitrogen and oxygen atoms in total. The van der Waals surface area contributed by atoms with E-state index in [4.69, 9.17) is 22.4 Å². The minimum Gasteiger partial charge on any atom is -0.480 e. The molecule has 0 aliphatic heterocycles. The molecule has 0 aliphatic rings. The van der Waals surface area contributed by atoms with E-state index >= 15 is 0 Å². The Morgan fingerprint density at radius 3 is 2.12 bits per heavy atom. The van der Waals surface area contributed by atoms with Gasteiger partial charge in [0.1, 0.15) is 30.7 Å². The Labute approximate surface area is 302 Å². The lowest BCUT2D eigenvalue weighted by Crippen LogP contribution is -2.60. The molecule has 1 aromatic rings. The van der Waals surface area contributed by atoms with Gasteiger partial charge in [0.2, 0.25) is 29.5 Å². The minimum absolute atomic E-state index is 0.0468. The normalized spacial score (nSPS) is 14.1. The maximum absolute atomic E-state index is 13.4. The van der Waals surface area contributed by atoms with E-state index in [1.165, 1.54) is 0 Å². The number of carboxylic acids is 1. The number of carboxylic acid groups (broad SMARTS) is 1. The Balaban J connectivity index is 3.02. The number of carbonyl (C=O) groups excluding carboxylic acids is 5. The van der Waals surface area contributed by atoms with Crippen LogP contribution in [0.1, 0.15) is 58.9 Å². The van der Waals surface area contributed by atoms with Crippen LogP contribution in [0.5, 0.6) is 0 Å². The first-order valence-corrected chi connectivity index (χ1v) is 16.9. The Bertz CT molecular complexity index is 1410. The summed E-state index contributed by atoms with van der Waals surface area (Å²) in [5.41, 5.74) is 23.2. The predicted octanol–water partition coefficient (Wildman–Crippen LogP) is -1.13. The number of aliphatic carboxylic acids is 1. The van der Waals surface area contributed by atoms with Crippen molar-refractivity contribution in [3.05, 3.63) is 46.3 Å². The summed E-state index contributed by atoms with van der Waals surface area (Å²) in [6, 6.07) is 3.09. The van der Waals surface area contributed by atoms with Crippen LogP contribution in [0, 0.1) is 17.2 Å². The summed E-state index contributed by atoms with van der Waals surface area (Å²) in [5.74, 6) is -5.73. The summed E-state index contributed by atoms with van der Waals surface area (Å²) in [4.78, 5) is 80.0. The summed E-state index contributed by atoms with van der Waals surface area (Å²) in [7, 11) is 0. The summed E-state index contributed by atoms with van der Waals surface area (Å²) < 4.78 is 0. The Kier molecular flexibility index (Phi) is 20.3. The molecule has 13 N–H and O–H groups in total. The predicted molar refractivity (Wildman–Crippen MR) is 192 cm³/mol. The Morgan fingerprint density at radius 1 is 0.904 bits per heavy atom. The lowest BCUT2D eigenvalue weighted by molar-refractivity contribution is -0.142. The van der Waals surface area contributed by atoms with E-state index in [0.717, 1.165) is 5.56 Å². The number of amides is 5. The van der Waals surface area contributed by atoms with Crippen molar-refractivity contribution < 1.29 is 33.9 Å². The van der Waals surface area contributed by atoms with E-state index in [1.54, 1.807) is 52.0 Å². The van der Waals surface area contributed by atoms with E-state index in [1.807, 2.05) is 6.07 Å². The highest BCUT2D eigenvalue weighted by molar-refractivity contribution is 5.95. The number of azide groups is 1. The van der Waals surface area contributed by atoms with Crippen LogP contribution in [0.2, 0.25) is 0 Å². The van der Waals surface area contributed by atoms with Crippen molar-refractivity contribution in [1.29, 1.82) is 5.41 Å². The lowest BCUT2D eigenvalue weighted by Gasteiger charge is -2.26. The molecule has 6 atom stereocenters. The number of carbonyl (C=O) groups is 6. The van der Waals surface area contributed by atoms with Crippen molar-refractivity contribution in [1.82, 2.24) is 37.3 Å². The zero-order valence-corrected chi connectivity index (χ0v) is 30.0. The van der Waals surface area contributed by atoms with Gasteiger partial charge in [-0.3, -0.25) is 34.8 Å². The van der Waals surface area contributed by atoms with Gasteiger partial charge in [0, 0.05) is 6.54 Å². The third-order valence-electron chi connectivity index (χ3n) is 7.85. The molecule has 0 saturated carbocycles. The van der Waals surface area contributed by atoms with Crippen molar-refractivity contribution in [3.63, 3.8) is 0 Å². The number of hydrogen-bond acceptors (Lipinski definition) is 9. The van der Waals surface area contributed by atoms with E-state index in [9.17, 15) is 33.9 Å². The summed E-state index contributed by atoms with van der Waals surface area (Å²) in [6.07, 6.45) is 1.09. The summed E-state index contributed by atoms with van der Waals surface area (Å²) in [6.45, 7) is 6.34. The minimum atomic E-state index is -1.32. The fourth-order valence-corrected chi connectivity index (χ4v) is 4.85. The van der Waals surface area contributed by atoms with Crippen LogP contribution in [-0.2, 0) is 35.2 Å². The van der Waals surface area contributed by atoms with Gasteiger partial charge in [-0.15, -0.1) is 5.53 Å². The molecular weight excluding hydrogens is 678 g/mol. The van der Waals surface area contributed by atoms with Gasteiger partial charge in [0.05, 0.1) is 12.6 Å².